The van der Waals surface area contributed by atoms with E-state index in [4.69, 9.17) is 25.0 Å². The predicted molar refractivity (Wildman–Crippen MR) is 191 cm³/mol. The van der Waals surface area contributed by atoms with Crippen molar-refractivity contribution in [3.8, 4) is 0 Å². The van der Waals surface area contributed by atoms with Gasteiger partial charge in [0.05, 0.1) is 21.2 Å². The summed E-state index contributed by atoms with van der Waals surface area (Å²) in [5, 5.41) is 1.54. The second-order valence-electron chi connectivity index (χ2n) is 12.5. The molecule has 4 heterocycles. The summed E-state index contributed by atoms with van der Waals surface area (Å²) in [5.41, 5.74) is 7.40. The zero-order chi connectivity index (χ0) is 34.7. The van der Waals surface area contributed by atoms with E-state index >= 15 is 0 Å². The van der Waals surface area contributed by atoms with Crippen molar-refractivity contribution in [1.82, 2.24) is 4.98 Å². The van der Waals surface area contributed by atoms with Crippen molar-refractivity contribution < 1.29 is 25.9 Å². The topological polar surface area (TPSA) is 186 Å². The van der Waals surface area contributed by atoms with Crippen LogP contribution < -0.4 is 0 Å². The van der Waals surface area contributed by atoms with Gasteiger partial charge < -0.3 is 4.98 Å². The van der Waals surface area contributed by atoms with Gasteiger partial charge in [0.2, 0.25) is 0 Å². The molecule has 14 heteroatoms. The number of aromatic nitrogens is 1. The molecule has 0 radical (unpaired) electrons. The molecule has 1 aliphatic carbocycles. The fraction of sp³-hybridized carbons (Fsp3) is 0.0833. The average Bonchev–Trinajstić information content (AvgIpc) is 3.78. The minimum absolute atomic E-state index is 0.188. The highest BCUT2D eigenvalue weighted by Gasteiger charge is 2.31. The summed E-state index contributed by atoms with van der Waals surface area (Å²) in [6, 6.07) is 20.3. The van der Waals surface area contributed by atoms with Gasteiger partial charge >= 0.3 is 0 Å². The van der Waals surface area contributed by atoms with Crippen LogP contribution in [-0.2, 0) is 20.2 Å². The SMILES string of the molecule is Cc1ccc2c(c1)C1=NC2=Nc2[nH]c(c3ccc(C)cc23)N=C2N=C(C=C3CC(=N1)c1ccc(S(=O)(=O)O)cc13)c1ccc(S(=O)(=O)O)cc12. The Morgan fingerprint density at radius 3 is 1.88 bits per heavy atom. The van der Waals surface area contributed by atoms with E-state index in [2.05, 4.69) is 4.98 Å². The minimum atomic E-state index is -4.55. The van der Waals surface area contributed by atoms with Gasteiger partial charge in [0, 0.05) is 45.0 Å². The molecule has 12 nitrogen and oxygen atoms in total. The molecule has 4 aromatic carbocycles. The van der Waals surface area contributed by atoms with Crippen molar-refractivity contribution in [1.29, 1.82) is 0 Å². The third kappa shape index (κ3) is 4.83. The lowest BCUT2D eigenvalue weighted by Gasteiger charge is -2.05. The Hall–Kier alpha value is -5.67. The minimum Gasteiger partial charge on any atom is -0.324 e. The number of hydrogen-bond donors (Lipinski definition) is 3. The van der Waals surface area contributed by atoms with Gasteiger partial charge in [-0.25, -0.2) is 25.0 Å². The van der Waals surface area contributed by atoms with Crippen LogP contribution in [-0.4, -0.2) is 59.9 Å². The summed E-state index contributed by atoms with van der Waals surface area (Å²) < 4.78 is 68.6. The molecule has 3 N–H and O–H groups in total. The number of rotatable bonds is 2. The van der Waals surface area contributed by atoms with Crippen LogP contribution in [0, 0.1) is 13.8 Å². The van der Waals surface area contributed by atoms with Crippen LogP contribution in [0.3, 0.4) is 0 Å². The second-order valence-corrected chi connectivity index (χ2v) is 15.3. The maximum Gasteiger partial charge on any atom is 0.294 e. The van der Waals surface area contributed by atoms with E-state index in [9.17, 15) is 25.9 Å². The lowest BCUT2D eigenvalue weighted by molar-refractivity contribution is 0.481. The zero-order valence-electron chi connectivity index (χ0n) is 26.3. The van der Waals surface area contributed by atoms with Crippen molar-refractivity contribution in [3.63, 3.8) is 0 Å². The number of aliphatic imine (C=N–C) groups is 5. The first kappa shape index (κ1) is 30.4. The van der Waals surface area contributed by atoms with Crippen LogP contribution in [0.15, 0.2) is 114 Å². The lowest BCUT2D eigenvalue weighted by Crippen LogP contribution is -2.03. The Kier molecular flexibility index (Phi) is 6.33. The Morgan fingerprint density at radius 1 is 0.560 bits per heavy atom. The molecule has 0 saturated heterocycles. The third-order valence-corrected chi connectivity index (χ3v) is 10.8. The molecule has 0 fully saturated rings. The van der Waals surface area contributed by atoms with Crippen molar-refractivity contribution in [3.05, 3.63) is 123 Å². The quantitative estimate of drug-likeness (QED) is 0.182. The van der Waals surface area contributed by atoms with E-state index in [-0.39, 0.29) is 22.0 Å². The number of aromatic amines is 1. The molecule has 0 spiro atoms. The molecule has 4 aliphatic rings. The molecule has 9 rings (SSSR count). The second kappa shape index (κ2) is 10.4. The smallest absolute Gasteiger partial charge is 0.294 e. The van der Waals surface area contributed by atoms with Gasteiger partial charge in [-0.15, -0.1) is 0 Å². The van der Waals surface area contributed by atoms with Gasteiger partial charge in [0.25, 0.3) is 20.2 Å². The van der Waals surface area contributed by atoms with Gasteiger partial charge in [-0.2, -0.15) is 16.8 Å². The largest absolute Gasteiger partial charge is 0.324 e. The van der Waals surface area contributed by atoms with Gasteiger partial charge in [-0.05, 0) is 67.5 Å². The first-order chi connectivity index (χ1) is 23.8. The Labute approximate surface area is 285 Å². The number of hydrogen-bond acceptors (Lipinski definition) is 9. The van der Waals surface area contributed by atoms with Crippen molar-refractivity contribution >= 4 is 77.1 Å². The van der Waals surface area contributed by atoms with Crippen molar-refractivity contribution in [2.75, 3.05) is 0 Å². The maximum absolute atomic E-state index is 12.2. The number of nitrogens with one attached hydrogen (secondary N) is 1. The monoisotopic (exact) mass is 700 g/mol. The summed E-state index contributed by atoms with van der Waals surface area (Å²) in [6.07, 6.45) is 2.04. The van der Waals surface area contributed by atoms with Crippen molar-refractivity contribution in [2.45, 2.75) is 30.1 Å². The highest BCUT2D eigenvalue weighted by Crippen LogP contribution is 2.40. The third-order valence-electron chi connectivity index (χ3n) is 9.11. The van der Waals surface area contributed by atoms with Gasteiger partial charge in [-0.1, -0.05) is 47.5 Å². The highest BCUT2D eigenvalue weighted by molar-refractivity contribution is 7.86. The predicted octanol–water partition coefficient (Wildman–Crippen LogP) is 6.29. The van der Waals surface area contributed by atoms with Gasteiger partial charge in [-0.3, -0.25) is 9.11 Å². The highest BCUT2D eigenvalue weighted by atomic mass is 32.2. The molecule has 5 aromatic rings. The summed E-state index contributed by atoms with van der Waals surface area (Å²) in [5.74, 6) is 2.01. The number of amidine groups is 3. The molecule has 246 valence electrons. The van der Waals surface area contributed by atoms with Crippen LogP contribution in [0.25, 0.3) is 16.3 Å². The molecule has 0 atom stereocenters. The van der Waals surface area contributed by atoms with E-state index in [1.807, 2.05) is 50.2 Å². The summed E-state index contributed by atoms with van der Waals surface area (Å²) in [7, 11) is -9.08. The first-order valence-electron chi connectivity index (χ1n) is 15.4. The number of aryl methyl sites for hydroxylation is 2. The normalized spacial score (nSPS) is 16.2. The molecule has 8 bridgehead atoms. The lowest BCUT2D eigenvalue weighted by atomic mass is 10.0. The number of H-pyrrole nitrogens is 1. The number of nitrogens with zero attached hydrogens (tertiary/aromatic N) is 5. The number of benzene rings is 4. The molecule has 0 amide bonds. The van der Waals surface area contributed by atoms with E-state index < -0.39 is 20.2 Å². The van der Waals surface area contributed by atoms with Gasteiger partial charge in [0.15, 0.2) is 17.5 Å². The summed E-state index contributed by atoms with van der Waals surface area (Å²) in [6.45, 7) is 3.96. The number of allylic oxidation sites excluding steroid dienone is 2. The van der Waals surface area contributed by atoms with Crippen molar-refractivity contribution in [2.24, 2.45) is 25.0 Å². The first-order valence-corrected chi connectivity index (χ1v) is 18.3. The standard InChI is InChI=1S/C36H24N6O6S2/c1-17-3-7-24-27(11-17)34-37-30-13-19(26-15-20(49(43,44)45)5-9-22(26)30)14-31-23-10-6-21(50(46,47)48)16-29(23)35(38-31)40-33-25-8-4-18(2)12-28(25)36(42-33)41-32(24)39-34/h3-12,14-16H,13H2,1-2H3,(H,43,44,45)(H,46,47,48)(H,37,38,39,40,41,42). The van der Waals surface area contributed by atoms with E-state index in [0.29, 0.717) is 62.6 Å². The van der Waals surface area contributed by atoms with Crippen LogP contribution in [0.1, 0.15) is 50.9 Å². The Morgan fingerprint density at radius 2 is 1.14 bits per heavy atom. The average molecular weight is 701 g/mol. The molecular formula is C36H24N6O6S2. The Bertz CT molecular complexity index is 2860. The fourth-order valence-corrected chi connectivity index (χ4v) is 7.75. The van der Waals surface area contributed by atoms with Crippen LogP contribution in [0.2, 0.25) is 0 Å². The van der Waals surface area contributed by atoms with E-state index in [1.165, 1.54) is 24.3 Å². The molecule has 50 heavy (non-hydrogen) atoms. The van der Waals surface area contributed by atoms with Crippen LogP contribution in [0.5, 0.6) is 0 Å². The Balaban J connectivity index is 1.38. The molecule has 0 unspecified atom stereocenters. The molecule has 1 aromatic heterocycles. The van der Waals surface area contributed by atoms with E-state index in [1.54, 1.807) is 18.2 Å². The number of fused-ring (bicyclic) bond motifs is 18. The summed E-state index contributed by atoms with van der Waals surface area (Å²) in [4.78, 5) is 27.4. The van der Waals surface area contributed by atoms with Crippen LogP contribution >= 0.6 is 0 Å². The summed E-state index contributed by atoms with van der Waals surface area (Å²) >= 11 is 0. The van der Waals surface area contributed by atoms with Gasteiger partial charge in [0.1, 0.15) is 11.6 Å². The van der Waals surface area contributed by atoms with Crippen LogP contribution in [0.4, 0.5) is 11.6 Å². The fourth-order valence-electron chi connectivity index (χ4n) is 6.74. The molecule has 0 saturated carbocycles. The van der Waals surface area contributed by atoms with E-state index in [0.717, 1.165) is 33.0 Å². The molecule has 3 aliphatic heterocycles. The molecular weight excluding hydrogens is 677 g/mol. The zero-order valence-corrected chi connectivity index (χ0v) is 27.9. The maximum atomic E-state index is 12.2.